The average Bonchev–Trinajstić information content (AvgIpc) is 3.32. The third-order valence-electron chi connectivity index (χ3n) is 6.69. The standard InChI is InChI=1S/C17H17Cl4NO4/c1-2-3-4-25-22-14(23)6-7(15(22)24)11-9-8(10(6)26-11)16(20)5-17(9,21)13(19)12(16)18/h6-11H,2-5H2,1H3/t6-,7+,8-,9?,10+,11-,16-,17+/m0/s1. The Kier molecular flexibility index (Phi) is 3.82. The highest BCUT2D eigenvalue weighted by Crippen LogP contribution is 2.75. The van der Waals surface area contributed by atoms with E-state index in [9.17, 15) is 9.59 Å². The summed E-state index contributed by atoms with van der Waals surface area (Å²) in [4.78, 5) is 29.3. The molecule has 0 spiro atoms. The summed E-state index contributed by atoms with van der Waals surface area (Å²) >= 11 is 26.5. The van der Waals surface area contributed by atoms with E-state index >= 15 is 0 Å². The van der Waals surface area contributed by atoms with E-state index in [1.807, 2.05) is 6.92 Å². The fourth-order valence-corrected chi connectivity index (χ4v) is 7.71. The molecule has 5 rings (SSSR count). The van der Waals surface area contributed by atoms with Gasteiger partial charge in [-0.15, -0.1) is 23.2 Å². The molecule has 1 unspecified atom stereocenters. The van der Waals surface area contributed by atoms with Crippen molar-refractivity contribution in [3.05, 3.63) is 10.1 Å². The summed E-state index contributed by atoms with van der Waals surface area (Å²) in [5, 5.41) is 1.62. The first-order valence-electron chi connectivity index (χ1n) is 8.87. The lowest BCUT2D eigenvalue weighted by atomic mass is 9.65. The van der Waals surface area contributed by atoms with Crippen molar-refractivity contribution in [1.82, 2.24) is 5.06 Å². The van der Waals surface area contributed by atoms with Crippen LogP contribution in [0, 0.1) is 23.7 Å². The summed E-state index contributed by atoms with van der Waals surface area (Å²) in [6.07, 6.45) is 1.08. The largest absolute Gasteiger partial charge is 0.373 e. The van der Waals surface area contributed by atoms with E-state index < -0.39 is 33.8 Å². The van der Waals surface area contributed by atoms with Gasteiger partial charge >= 0.3 is 0 Å². The monoisotopic (exact) mass is 439 g/mol. The molecule has 0 aromatic heterocycles. The number of rotatable bonds is 4. The Morgan fingerprint density at radius 2 is 1.58 bits per heavy atom. The van der Waals surface area contributed by atoms with Crippen LogP contribution >= 0.6 is 46.4 Å². The van der Waals surface area contributed by atoms with E-state index in [-0.39, 0.29) is 23.7 Å². The lowest BCUT2D eigenvalue weighted by molar-refractivity contribution is -0.192. The number of unbranched alkanes of at least 4 members (excludes halogenated alkanes) is 1. The summed E-state index contributed by atoms with van der Waals surface area (Å²) in [7, 11) is 0. The average molecular weight is 441 g/mol. The molecule has 2 amide bonds. The molecule has 0 radical (unpaired) electrons. The molecule has 3 saturated heterocycles. The van der Waals surface area contributed by atoms with Crippen LogP contribution in [0.2, 0.25) is 0 Å². The number of fused-ring (bicyclic) bond motifs is 12. The topological polar surface area (TPSA) is 55.8 Å². The second-order valence-electron chi connectivity index (χ2n) is 7.86. The van der Waals surface area contributed by atoms with E-state index in [1.165, 1.54) is 0 Å². The Morgan fingerprint density at radius 3 is 2.04 bits per heavy atom. The molecule has 26 heavy (non-hydrogen) atoms. The first-order valence-corrected chi connectivity index (χ1v) is 10.4. The molecular weight excluding hydrogens is 424 g/mol. The van der Waals surface area contributed by atoms with Crippen LogP contribution in [-0.2, 0) is 19.2 Å². The van der Waals surface area contributed by atoms with Crippen LogP contribution in [0.4, 0.5) is 0 Å². The zero-order chi connectivity index (χ0) is 18.6. The highest BCUT2D eigenvalue weighted by molar-refractivity contribution is 6.51. The SMILES string of the molecule is CCCCON1C(=O)[C@@H]2[C@H]3O[C@H](C4[C@@H]3[C@@]3(Cl)C[C@]4(Cl)C(Cl)=C3Cl)[C@@H]2C1=O. The Hall–Kier alpha value is -0.0400. The van der Waals surface area contributed by atoms with E-state index in [0.29, 0.717) is 23.1 Å². The number of hydroxylamine groups is 2. The smallest absolute Gasteiger partial charge is 0.260 e. The van der Waals surface area contributed by atoms with E-state index in [0.717, 1.165) is 17.9 Å². The minimum Gasteiger partial charge on any atom is -0.373 e. The van der Waals surface area contributed by atoms with Gasteiger partial charge in [-0.05, 0) is 12.8 Å². The number of ether oxygens (including phenoxy) is 1. The summed E-state index contributed by atoms with van der Waals surface area (Å²) in [6, 6.07) is 0. The van der Waals surface area contributed by atoms with Crippen LogP contribution in [0.1, 0.15) is 26.2 Å². The maximum atomic E-state index is 12.9. The molecule has 2 aliphatic carbocycles. The molecule has 0 aromatic rings. The molecule has 8 atom stereocenters. The molecule has 5 aliphatic rings. The molecule has 142 valence electrons. The van der Waals surface area contributed by atoms with Crippen LogP contribution in [0.15, 0.2) is 10.1 Å². The first-order chi connectivity index (χ1) is 12.3. The number of amides is 2. The number of allylic oxidation sites excluding steroid dienone is 2. The van der Waals surface area contributed by atoms with Gasteiger partial charge in [0.2, 0.25) is 0 Å². The Balaban J connectivity index is 1.50. The number of alkyl halides is 2. The van der Waals surface area contributed by atoms with Gasteiger partial charge in [0.15, 0.2) is 0 Å². The fourth-order valence-electron chi connectivity index (χ4n) is 5.69. The predicted molar refractivity (Wildman–Crippen MR) is 95.9 cm³/mol. The van der Waals surface area contributed by atoms with E-state index in [1.54, 1.807) is 0 Å². The van der Waals surface area contributed by atoms with Crippen molar-refractivity contribution >= 4 is 58.2 Å². The van der Waals surface area contributed by atoms with E-state index in [4.69, 9.17) is 56.0 Å². The zero-order valence-corrected chi connectivity index (χ0v) is 16.9. The second-order valence-corrected chi connectivity index (χ2v) is 9.96. The van der Waals surface area contributed by atoms with Gasteiger partial charge in [0, 0.05) is 11.8 Å². The molecule has 0 aromatic carbocycles. The third-order valence-corrected chi connectivity index (χ3v) is 9.18. The highest BCUT2D eigenvalue weighted by Gasteiger charge is 2.82. The minimum absolute atomic E-state index is 0.241. The number of imide groups is 1. The number of hydrogen-bond donors (Lipinski definition) is 0. The predicted octanol–water partition coefficient (Wildman–Crippen LogP) is 3.39. The summed E-state index contributed by atoms with van der Waals surface area (Å²) in [5.41, 5.74) is 0. The van der Waals surface area contributed by atoms with Crippen LogP contribution in [0.25, 0.3) is 0 Å². The maximum absolute atomic E-state index is 12.9. The van der Waals surface area contributed by atoms with Gasteiger partial charge in [-0.2, -0.15) is 5.06 Å². The second kappa shape index (κ2) is 5.52. The Bertz CT molecular complexity index is 705. The van der Waals surface area contributed by atoms with Gasteiger partial charge in [0.25, 0.3) is 11.8 Å². The van der Waals surface area contributed by atoms with Crippen molar-refractivity contribution in [3.8, 4) is 0 Å². The molecule has 5 nitrogen and oxygen atoms in total. The number of halogens is 4. The lowest BCUT2D eigenvalue weighted by Crippen LogP contribution is -2.50. The quantitative estimate of drug-likeness (QED) is 0.382. The fraction of sp³-hybridized carbons (Fsp3) is 0.765. The first kappa shape index (κ1) is 18.0. The molecule has 0 N–H and O–H groups in total. The summed E-state index contributed by atoms with van der Waals surface area (Å²) in [5.74, 6) is -2.35. The molecular formula is C17H17Cl4NO4. The molecule has 1 saturated carbocycles. The van der Waals surface area contributed by atoms with Crippen molar-refractivity contribution in [2.24, 2.45) is 23.7 Å². The zero-order valence-electron chi connectivity index (χ0n) is 13.9. The molecule has 3 heterocycles. The molecule has 4 bridgehead atoms. The van der Waals surface area contributed by atoms with Gasteiger partial charge in [-0.3, -0.25) is 14.4 Å². The van der Waals surface area contributed by atoms with Crippen molar-refractivity contribution in [1.29, 1.82) is 0 Å². The van der Waals surface area contributed by atoms with Crippen molar-refractivity contribution in [3.63, 3.8) is 0 Å². The lowest BCUT2D eigenvalue weighted by Gasteiger charge is -2.40. The van der Waals surface area contributed by atoms with Crippen LogP contribution in [0.5, 0.6) is 0 Å². The highest BCUT2D eigenvalue weighted by atomic mass is 35.5. The minimum atomic E-state index is -0.935. The van der Waals surface area contributed by atoms with Crippen LogP contribution in [-0.4, -0.2) is 45.4 Å². The normalized spacial score (nSPS) is 51.0. The van der Waals surface area contributed by atoms with Gasteiger partial charge < -0.3 is 4.74 Å². The number of carbonyl (C=O) groups excluding carboxylic acids is 2. The van der Waals surface area contributed by atoms with Crippen molar-refractivity contribution < 1.29 is 19.2 Å². The van der Waals surface area contributed by atoms with Crippen LogP contribution < -0.4 is 0 Å². The molecule has 9 heteroatoms. The van der Waals surface area contributed by atoms with Crippen molar-refractivity contribution in [2.75, 3.05) is 6.61 Å². The summed E-state index contributed by atoms with van der Waals surface area (Å²) < 4.78 is 6.09. The van der Waals surface area contributed by atoms with Crippen molar-refractivity contribution in [2.45, 2.75) is 48.1 Å². The van der Waals surface area contributed by atoms with Gasteiger partial charge in [0.05, 0.1) is 50.5 Å². The number of nitrogens with zero attached hydrogens (tertiary/aromatic N) is 1. The Morgan fingerprint density at radius 1 is 1.08 bits per heavy atom. The van der Waals surface area contributed by atoms with Gasteiger partial charge in [0.1, 0.15) is 0 Å². The molecule has 4 fully saturated rings. The van der Waals surface area contributed by atoms with Gasteiger partial charge in [-0.1, -0.05) is 36.5 Å². The third kappa shape index (κ3) is 1.84. The summed E-state index contributed by atoms with van der Waals surface area (Å²) in [6.45, 7) is 2.34. The Labute approximate surface area is 170 Å². The van der Waals surface area contributed by atoms with Crippen LogP contribution in [0.3, 0.4) is 0 Å². The number of hydrogen-bond acceptors (Lipinski definition) is 4. The maximum Gasteiger partial charge on any atom is 0.260 e. The van der Waals surface area contributed by atoms with Gasteiger partial charge in [-0.25, -0.2) is 0 Å². The number of carbonyl (C=O) groups is 2. The van der Waals surface area contributed by atoms with E-state index in [2.05, 4.69) is 0 Å². The molecule has 3 aliphatic heterocycles.